The van der Waals surface area contributed by atoms with E-state index in [0.29, 0.717) is 0 Å². The molecule has 2 rings (SSSR count). The molecule has 1 unspecified atom stereocenters. The molecule has 0 amide bonds. The monoisotopic (exact) mass is 251 g/mol. The standard InChI is InChI=1S/C14H25N3O/c1-4-12-10-13(17(3)15-12)11-14(18)6-5-8-16(2)9-7-14/h10,18H,4-9,11H2,1-3H3. The summed E-state index contributed by atoms with van der Waals surface area (Å²) in [4.78, 5) is 2.30. The van der Waals surface area contributed by atoms with E-state index in [2.05, 4.69) is 30.0 Å². The number of aliphatic hydroxyl groups is 1. The molecule has 1 aromatic heterocycles. The molecule has 4 nitrogen and oxygen atoms in total. The summed E-state index contributed by atoms with van der Waals surface area (Å²) in [5, 5.41) is 15.2. The third-order valence-electron chi connectivity index (χ3n) is 4.04. The molecule has 1 fully saturated rings. The number of hydrogen-bond acceptors (Lipinski definition) is 3. The second-order valence-corrected chi connectivity index (χ2v) is 5.66. The molecule has 102 valence electrons. The molecule has 0 aromatic carbocycles. The first-order valence-corrected chi connectivity index (χ1v) is 6.95. The molecule has 1 aliphatic heterocycles. The minimum absolute atomic E-state index is 0.552. The lowest BCUT2D eigenvalue weighted by Gasteiger charge is -2.26. The molecule has 0 bridgehead atoms. The van der Waals surface area contributed by atoms with E-state index in [1.807, 2.05) is 11.7 Å². The molecule has 1 atom stereocenters. The lowest BCUT2D eigenvalue weighted by Crippen LogP contribution is -2.33. The summed E-state index contributed by atoms with van der Waals surface area (Å²) >= 11 is 0. The topological polar surface area (TPSA) is 41.3 Å². The number of aromatic nitrogens is 2. The second kappa shape index (κ2) is 5.41. The van der Waals surface area contributed by atoms with Gasteiger partial charge in [0.1, 0.15) is 0 Å². The molecule has 1 N–H and O–H groups in total. The highest BCUT2D eigenvalue weighted by Gasteiger charge is 2.30. The second-order valence-electron chi connectivity index (χ2n) is 5.66. The van der Waals surface area contributed by atoms with Gasteiger partial charge in [-0.15, -0.1) is 0 Å². The maximum Gasteiger partial charge on any atom is 0.0715 e. The Morgan fingerprint density at radius 3 is 2.78 bits per heavy atom. The van der Waals surface area contributed by atoms with Crippen LogP contribution in [0.1, 0.15) is 37.6 Å². The smallest absolute Gasteiger partial charge is 0.0715 e. The third-order valence-corrected chi connectivity index (χ3v) is 4.04. The van der Waals surface area contributed by atoms with Crippen molar-refractivity contribution in [2.45, 2.75) is 44.6 Å². The van der Waals surface area contributed by atoms with Crippen molar-refractivity contribution in [3.8, 4) is 0 Å². The fourth-order valence-corrected chi connectivity index (χ4v) is 2.74. The third kappa shape index (κ3) is 3.12. The van der Waals surface area contributed by atoms with Gasteiger partial charge in [-0.1, -0.05) is 6.92 Å². The lowest BCUT2D eigenvalue weighted by molar-refractivity contribution is 0.0246. The van der Waals surface area contributed by atoms with Gasteiger partial charge in [-0.2, -0.15) is 5.10 Å². The Morgan fingerprint density at radius 2 is 2.11 bits per heavy atom. The van der Waals surface area contributed by atoms with Gasteiger partial charge in [0, 0.05) is 25.7 Å². The van der Waals surface area contributed by atoms with Crippen LogP contribution in [0.25, 0.3) is 0 Å². The predicted octanol–water partition coefficient (Wildman–Crippen LogP) is 1.37. The predicted molar refractivity (Wildman–Crippen MR) is 72.6 cm³/mol. The van der Waals surface area contributed by atoms with Crippen molar-refractivity contribution in [1.29, 1.82) is 0 Å². The normalized spacial score (nSPS) is 26.2. The molecule has 1 saturated heterocycles. The Hall–Kier alpha value is -0.870. The van der Waals surface area contributed by atoms with E-state index in [0.717, 1.165) is 56.6 Å². The first-order valence-electron chi connectivity index (χ1n) is 6.95. The van der Waals surface area contributed by atoms with Crippen LogP contribution in [0.3, 0.4) is 0 Å². The minimum Gasteiger partial charge on any atom is -0.389 e. The van der Waals surface area contributed by atoms with Crippen molar-refractivity contribution in [3.63, 3.8) is 0 Å². The van der Waals surface area contributed by atoms with E-state index in [-0.39, 0.29) is 0 Å². The van der Waals surface area contributed by atoms with Gasteiger partial charge in [-0.25, -0.2) is 0 Å². The average molecular weight is 251 g/mol. The SMILES string of the molecule is CCc1cc(CC2(O)CCCN(C)CC2)n(C)n1. The zero-order chi connectivity index (χ0) is 13.2. The molecule has 0 saturated carbocycles. The van der Waals surface area contributed by atoms with Crippen molar-refractivity contribution in [1.82, 2.24) is 14.7 Å². The van der Waals surface area contributed by atoms with E-state index < -0.39 is 5.60 Å². The van der Waals surface area contributed by atoms with Crippen LogP contribution < -0.4 is 0 Å². The zero-order valence-electron chi connectivity index (χ0n) is 11.8. The molecular weight excluding hydrogens is 226 g/mol. The highest BCUT2D eigenvalue weighted by atomic mass is 16.3. The Kier molecular flexibility index (Phi) is 4.07. The molecule has 4 heteroatoms. The largest absolute Gasteiger partial charge is 0.389 e. The van der Waals surface area contributed by atoms with Crippen LogP contribution >= 0.6 is 0 Å². The molecule has 1 aromatic rings. The van der Waals surface area contributed by atoms with E-state index in [1.165, 1.54) is 0 Å². The number of aryl methyl sites for hydroxylation is 2. The van der Waals surface area contributed by atoms with Gasteiger partial charge in [0.15, 0.2) is 0 Å². The maximum absolute atomic E-state index is 10.8. The molecule has 1 aliphatic rings. The van der Waals surface area contributed by atoms with E-state index in [4.69, 9.17) is 0 Å². The summed E-state index contributed by atoms with van der Waals surface area (Å²) in [5.74, 6) is 0. The quantitative estimate of drug-likeness (QED) is 0.882. The molecular formula is C14H25N3O. The van der Waals surface area contributed by atoms with Gasteiger partial charge < -0.3 is 10.0 Å². The van der Waals surface area contributed by atoms with Crippen LogP contribution in [0.2, 0.25) is 0 Å². The fourth-order valence-electron chi connectivity index (χ4n) is 2.74. The van der Waals surface area contributed by atoms with Crippen LogP contribution in [0.4, 0.5) is 0 Å². The zero-order valence-corrected chi connectivity index (χ0v) is 11.8. The highest BCUT2D eigenvalue weighted by molar-refractivity contribution is 5.13. The van der Waals surface area contributed by atoms with Crippen molar-refractivity contribution >= 4 is 0 Å². The van der Waals surface area contributed by atoms with E-state index in [1.54, 1.807) is 0 Å². The van der Waals surface area contributed by atoms with Gasteiger partial charge in [-0.05, 0) is 45.3 Å². The number of nitrogens with zero attached hydrogens (tertiary/aromatic N) is 3. The molecule has 0 aliphatic carbocycles. The van der Waals surface area contributed by atoms with Gasteiger partial charge >= 0.3 is 0 Å². The molecule has 2 heterocycles. The average Bonchev–Trinajstić information content (AvgIpc) is 2.58. The summed E-state index contributed by atoms with van der Waals surface area (Å²) in [6.45, 7) is 4.18. The van der Waals surface area contributed by atoms with E-state index >= 15 is 0 Å². The van der Waals surface area contributed by atoms with Gasteiger partial charge in [-0.3, -0.25) is 4.68 Å². The van der Waals surface area contributed by atoms with Gasteiger partial charge in [0.05, 0.1) is 11.3 Å². The Bertz CT molecular complexity index is 402. The van der Waals surface area contributed by atoms with Crippen LogP contribution in [-0.4, -0.2) is 45.5 Å². The van der Waals surface area contributed by atoms with Crippen molar-refractivity contribution in [3.05, 3.63) is 17.5 Å². The van der Waals surface area contributed by atoms with Crippen LogP contribution in [0.15, 0.2) is 6.07 Å². The van der Waals surface area contributed by atoms with Gasteiger partial charge in [0.2, 0.25) is 0 Å². The van der Waals surface area contributed by atoms with Crippen LogP contribution in [-0.2, 0) is 19.9 Å². The molecule has 18 heavy (non-hydrogen) atoms. The maximum atomic E-state index is 10.8. The number of likely N-dealkylation sites (tertiary alicyclic amines) is 1. The summed E-state index contributed by atoms with van der Waals surface area (Å²) in [5.41, 5.74) is 1.71. The summed E-state index contributed by atoms with van der Waals surface area (Å²) < 4.78 is 1.92. The van der Waals surface area contributed by atoms with Crippen LogP contribution in [0, 0.1) is 0 Å². The lowest BCUT2D eigenvalue weighted by atomic mass is 9.89. The van der Waals surface area contributed by atoms with E-state index in [9.17, 15) is 5.11 Å². The number of hydrogen-bond donors (Lipinski definition) is 1. The summed E-state index contributed by atoms with van der Waals surface area (Å²) in [6, 6.07) is 2.13. The first kappa shape index (κ1) is 13.6. The fraction of sp³-hybridized carbons (Fsp3) is 0.786. The highest BCUT2D eigenvalue weighted by Crippen LogP contribution is 2.26. The van der Waals surface area contributed by atoms with Crippen molar-refractivity contribution < 1.29 is 5.11 Å². The molecule has 0 spiro atoms. The number of rotatable bonds is 3. The summed E-state index contributed by atoms with van der Waals surface area (Å²) in [6.07, 6.45) is 4.50. The van der Waals surface area contributed by atoms with Gasteiger partial charge in [0.25, 0.3) is 0 Å². The Morgan fingerprint density at radius 1 is 1.33 bits per heavy atom. The Labute approximate surface area is 110 Å². The summed E-state index contributed by atoms with van der Waals surface area (Å²) in [7, 11) is 4.10. The minimum atomic E-state index is -0.552. The van der Waals surface area contributed by atoms with Crippen molar-refractivity contribution in [2.24, 2.45) is 7.05 Å². The molecule has 0 radical (unpaired) electrons. The Balaban J connectivity index is 2.08. The first-order chi connectivity index (χ1) is 8.52. The van der Waals surface area contributed by atoms with Crippen LogP contribution in [0.5, 0.6) is 0 Å². The van der Waals surface area contributed by atoms with Crippen molar-refractivity contribution in [2.75, 3.05) is 20.1 Å².